The van der Waals surface area contributed by atoms with Gasteiger partial charge < -0.3 is 9.64 Å². The predicted octanol–water partition coefficient (Wildman–Crippen LogP) is 1.96. The number of nitrogens with one attached hydrogen (secondary N) is 1. The van der Waals surface area contributed by atoms with Crippen LogP contribution in [0.5, 0.6) is 0 Å². The standard InChI is InChI=1S/C19H25N3O5S2/c1-21(2)29(25,26)17-10-8-16(9-11-17)28(23,24)20-18-6-4-5-7-19(18)22(3)15-12-13-27-14-15/h4-11,15,20H,12-14H2,1-3H3. The highest BCUT2D eigenvalue weighted by molar-refractivity contribution is 7.92. The van der Waals surface area contributed by atoms with Gasteiger partial charge in [-0.25, -0.2) is 21.1 Å². The van der Waals surface area contributed by atoms with E-state index in [9.17, 15) is 16.8 Å². The highest BCUT2D eigenvalue weighted by atomic mass is 32.2. The summed E-state index contributed by atoms with van der Waals surface area (Å²) in [6.45, 7) is 1.28. The molecule has 0 radical (unpaired) electrons. The number of sulfonamides is 2. The molecule has 0 bridgehead atoms. The molecule has 8 nitrogen and oxygen atoms in total. The fourth-order valence-electron chi connectivity index (χ4n) is 3.10. The average molecular weight is 440 g/mol. The van der Waals surface area contributed by atoms with Crippen LogP contribution in [0, 0.1) is 0 Å². The van der Waals surface area contributed by atoms with Gasteiger partial charge in [-0.05, 0) is 42.8 Å². The van der Waals surface area contributed by atoms with Crippen LogP contribution in [-0.4, -0.2) is 61.5 Å². The Balaban J connectivity index is 1.87. The lowest BCUT2D eigenvalue weighted by Crippen LogP contribution is -2.32. The van der Waals surface area contributed by atoms with Crippen LogP contribution in [0.25, 0.3) is 0 Å². The molecule has 0 spiro atoms. The molecule has 2 aromatic rings. The predicted molar refractivity (Wildman–Crippen MR) is 112 cm³/mol. The van der Waals surface area contributed by atoms with E-state index < -0.39 is 20.0 Å². The smallest absolute Gasteiger partial charge is 0.261 e. The Labute approximate surface area is 172 Å². The molecule has 3 rings (SSSR count). The van der Waals surface area contributed by atoms with Crippen molar-refractivity contribution in [3.63, 3.8) is 0 Å². The molecule has 158 valence electrons. The van der Waals surface area contributed by atoms with Gasteiger partial charge >= 0.3 is 0 Å². The molecular formula is C19H25N3O5S2. The van der Waals surface area contributed by atoms with Crippen molar-refractivity contribution in [1.82, 2.24) is 4.31 Å². The number of nitrogens with zero attached hydrogens (tertiary/aromatic N) is 2. The molecule has 1 aliphatic rings. The van der Waals surface area contributed by atoms with E-state index in [4.69, 9.17) is 4.74 Å². The number of benzene rings is 2. The molecule has 1 aliphatic heterocycles. The van der Waals surface area contributed by atoms with Crippen LogP contribution in [0.4, 0.5) is 11.4 Å². The average Bonchev–Trinajstić information content (AvgIpc) is 3.22. The maximum absolute atomic E-state index is 12.9. The van der Waals surface area contributed by atoms with Gasteiger partial charge in [-0.3, -0.25) is 4.72 Å². The summed E-state index contributed by atoms with van der Waals surface area (Å²) >= 11 is 0. The quantitative estimate of drug-likeness (QED) is 0.709. The van der Waals surface area contributed by atoms with Crippen molar-refractivity contribution < 1.29 is 21.6 Å². The lowest BCUT2D eigenvalue weighted by atomic mass is 10.2. The first-order valence-electron chi connectivity index (χ1n) is 9.08. The van der Waals surface area contributed by atoms with Crippen LogP contribution in [0.2, 0.25) is 0 Å². The Morgan fingerprint density at radius 1 is 0.931 bits per heavy atom. The molecule has 1 saturated heterocycles. The van der Waals surface area contributed by atoms with E-state index >= 15 is 0 Å². The summed E-state index contributed by atoms with van der Waals surface area (Å²) in [5.41, 5.74) is 1.20. The van der Waals surface area contributed by atoms with Crippen molar-refractivity contribution >= 4 is 31.4 Å². The monoisotopic (exact) mass is 439 g/mol. The summed E-state index contributed by atoms with van der Waals surface area (Å²) in [5.74, 6) is 0. The molecule has 1 fully saturated rings. The zero-order valence-corrected chi connectivity index (χ0v) is 18.2. The first-order chi connectivity index (χ1) is 13.6. The Kier molecular flexibility index (Phi) is 6.18. The summed E-state index contributed by atoms with van der Waals surface area (Å²) < 4.78 is 59.2. The van der Waals surface area contributed by atoms with Crippen LogP contribution >= 0.6 is 0 Å². The van der Waals surface area contributed by atoms with Gasteiger partial charge in [0.25, 0.3) is 10.0 Å². The molecule has 1 unspecified atom stereocenters. The molecule has 1 N–H and O–H groups in total. The van der Waals surface area contributed by atoms with Gasteiger partial charge in [0.05, 0.1) is 33.8 Å². The van der Waals surface area contributed by atoms with E-state index in [-0.39, 0.29) is 15.8 Å². The molecule has 0 saturated carbocycles. The minimum Gasteiger partial charge on any atom is -0.379 e. The van der Waals surface area contributed by atoms with Gasteiger partial charge in [0.2, 0.25) is 10.0 Å². The van der Waals surface area contributed by atoms with Gasteiger partial charge in [-0.2, -0.15) is 0 Å². The molecule has 0 aliphatic carbocycles. The SMILES string of the molecule is CN(c1ccccc1NS(=O)(=O)c1ccc(S(=O)(=O)N(C)C)cc1)C1CCOC1. The molecule has 29 heavy (non-hydrogen) atoms. The summed E-state index contributed by atoms with van der Waals surface area (Å²) in [4.78, 5) is 2.03. The summed E-state index contributed by atoms with van der Waals surface area (Å²) in [7, 11) is -2.77. The highest BCUT2D eigenvalue weighted by Crippen LogP contribution is 2.30. The van der Waals surface area contributed by atoms with Crippen LogP contribution in [-0.2, 0) is 24.8 Å². The normalized spacial score (nSPS) is 17.4. The van der Waals surface area contributed by atoms with E-state index in [1.807, 2.05) is 24.1 Å². The third-order valence-electron chi connectivity index (χ3n) is 4.89. The fourth-order valence-corrected chi connectivity index (χ4v) is 5.07. The number of para-hydroxylation sites is 2. The second-order valence-electron chi connectivity index (χ2n) is 7.01. The van der Waals surface area contributed by atoms with E-state index in [0.717, 1.165) is 16.4 Å². The molecule has 2 aromatic carbocycles. The third-order valence-corrected chi connectivity index (χ3v) is 8.11. The van der Waals surface area contributed by atoms with Crippen molar-refractivity contribution in [3.8, 4) is 0 Å². The summed E-state index contributed by atoms with van der Waals surface area (Å²) in [6, 6.07) is 12.5. The van der Waals surface area contributed by atoms with E-state index in [2.05, 4.69) is 4.72 Å². The number of likely N-dealkylation sites (N-methyl/N-ethyl adjacent to an activating group) is 1. The first-order valence-corrected chi connectivity index (χ1v) is 12.0. The minimum atomic E-state index is -3.89. The highest BCUT2D eigenvalue weighted by Gasteiger charge is 2.24. The van der Waals surface area contributed by atoms with E-state index in [1.165, 1.54) is 38.4 Å². The van der Waals surface area contributed by atoms with Gasteiger partial charge in [0.1, 0.15) is 0 Å². The second kappa shape index (κ2) is 8.31. The van der Waals surface area contributed by atoms with Crippen molar-refractivity contribution in [1.29, 1.82) is 0 Å². The summed E-state index contributed by atoms with van der Waals surface area (Å²) in [6.07, 6.45) is 0.874. The van der Waals surface area contributed by atoms with Gasteiger partial charge in [-0.1, -0.05) is 12.1 Å². The van der Waals surface area contributed by atoms with E-state index in [0.29, 0.717) is 18.9 Å². The Morgan fingerprint density at radius 2 is 1.55 bits per heavy atom. The number of ether oxygens (including phenoxy) is 1. The summed E-state index contributed by atoms with van der Waals surface area (Å²) in [5, 5.41) is 0. The van der Waals surface area contributed by atoms with Gasteiger partial charge in [0, 0.05) is 27.7 Å². The fraction of sp³-hybridized carbons (Fsp3) is 0.368. The molecule has 1 heterocycles. The Hall–Kier alpha value is -2.14. The van der Waals surface area contributed by atoms with Gasteiger partial charge in [0.15, 0.2) is 0 Å². The zero-order chi connectivity index (χ0) is 21.2. The van der Waals surface area contributed by atoms with Crippen molar-refractivity contribution in [3.05, 3.63) is 48.5 Å². The maximum Gasteiger partial charge on any atom is 0.261 e. The van der Waals surface area contributed by atoms with Crippen LogP contribution in [0.15, 0.2) is 58.3 Å². The van der Waals surface area contributed by atoms with Crippen LogP contribution in [0.1, 0.15) is 6.42 Å². The molecule has 0 amide bonds. The Morgan fingerprint density at radius 3 is 2.14 bits per heavy atom. The number of anilines is 2. The largest absolute Gasteiger partial charge is 0.379 e. The van der Waals surface area contributed by atoms with Crippen molar-refractivity contribution in [2.45, 2.75) is 22.3 Å². The number of rotatable bonds is 7. The second-order valence-corrected chi connectivity index (χ2v) is 10.8. The lowest BCUT2D eigenvalue weighted by molar-refractivity contribution is 0.193. The maximum atomic E-state index is 12.9. The van der Waals surface area contributed by atoms with Crippen LogP contribution < -0.4 is 9.62 Å². The molecular weight excluding hydrogens is 414 g/mol. The molecule has 1 atom stereocenters. The molecule has 0 aromatic heterocycles. The molecule has 10 heteroatoms. The van der Waals surface area contributed by atoms with Crippen LogP contribution in [0.3, 0.4) is 0 Å². The third kappa shape index (κ3) is 4.55. The minimum absolute atomic E-state index is 0.0168. The van der Waals surface area contributed by atoms with Crippen molar-refractivity contribution in [2.24, 2.45) is 0 Å². The topological polar surface area (TPSA) is 96.0 Å². The first kappa shape index (κ1) is 21.6. The zero-order valence-electron chi connectivity index (χ0n) is 16.6. The van der Waals surface area contributed by atoms with Gasteiger partial charge in [-0.15, -0.1) is 0 Å². The lowest BCUT2D eigenvalue weighted by Gasteiger charge is -2.27. The number of hydrogen-bond acceptors (Lipinski definition) is 6. The Bertz CT molecular complexity index is 1060. The number of hydrogen-bond donors (Lipinski definition) is 1. The van der Waals surface area contributed by atoms with E-state index in [1.54, 1.807) is 12.1 Å². The van der Waals surface area contributed by atoms with Crippen molar-refractivity contribution in [2.75, 3.05) is 44.0 Å².